The van der Waals surface area contributed by atoms with Crippen LogP contribution < -0.4 is 0 Å². The van der Waals surface area contributed by atoms with Crippen molar-refractivity contribution in [2.45, 2.75) is 20.4 Å². The van der Waals surface area contributed by atoms with Crippen LogP contribution in [0.1, 0.15) is 17.0 Å². The minimum Gasteiger partial charge on any atom is -0.264 e. The fourth-order valence-corrected chi connectivity index (χ4v) is 1.93. The summed E-state index contributed by atoms with van der Waals surface area (Å²) < 4.78 is 15.1. The van der Waals surface area contributed by atoms with Crippen LogP contribution in [0.15, 0.2) is 18.2 Å². The second kappa shape index (κ2) is 4.97. The summed E-state index contributed by atoms with van der Waals surface area (Å²) >= 11 is 6.02. The van der Waals surface area contributed by atoms with Gasteiger partial charge in [-0.25, -0.2) is 0 Å². The molecule has 0 radical (unpaired) electrons. The number of hydrogen-bond acceptors (Lipinski definition) is 3. The van der Waals surface area contributed by atoms with Gasteiger partial charge in [0.1, 0.15) is 0 Å². The Morgan fingerprint density at radius 3 is 2.63 bits per heavy atom. The van der Waals surface area contributed by atoms with Crippen LogP contribution in [0.25, 0.3) is 0 Å². The number of aryl methyl sites for hydroxylation is 1. The molecule has 0 saturated carbocycles. The van der Waals surface area contributed by atoms with E-state index in [2.05, 4.69) is 5.10 Å². The minimum atomic E-state index is -0.852. The van der Waals surface area contributed by atoms with Crippen molar-refractivity contribution >= 4 is 17.3 Å². The monoisotopic (exact) mass is 283 g/mol. The van der Waals surface area contributed by atoms with Crippen LogP contribution in [0, 0.1) is 29.8 Å². The fraction of sp³-hybridized carbons (Fsp3) is 0.250. The first kappa shape index (κ1) is 13.5. The number of aromatic nitrogens is 2. The van der Waals surface area contributed by atoms with Crippen molar-refractivity contribution in [3.8, 4) is 0 Å². The smallest absolute Gasteiger partial charge is 0.264 e. The second-order valence-electron chi connectivity index (χ2n) is 4.19. The van der Waals surface area contributed by atoms with E-state index in [1.807, 2.05) is 6.92 Å². The number of nitrogens with zero attached hydrogens (tertiary/aromatic N) is 3. The van der Waals surface area contributed by atoms with E-state index in [0.717, 1.165) is 17.8 Å². The van der Waals surface area contributed by atoms with Crippen LogP contribution in [-0.4, -0.2) is 14.7 Å². The molecule has 0 spiro atoms. The molecule has 0 aliphatic heterocycles. The molecule has 1 aromatic carbocycles. The summed E-state index contributed by atoms with van der Waals surface area (Å²) in [5.41, 5.74) is 1.53. The molecule has 0 unspecified atom stereocenters. The zero-order chi connectivity index (χ0) is 14.2. The first-order chi connectivity index (χ1) is 8.90. The Bertz CT molecular complexity index is 655. The van der Waals surface area contributed by atoms with Gasteiger partial charge in [-0.1, -0.05) is 17.7 Å². The molecule has 19 heavy (non-hydrogen) atoms. The van der Waals surface area contributed by atoms with E-state index < -0.39 is 16.4 Å². The third kappa shape index (κ3) is 2.58. The number of rotatable bonds is 3. The van der Waals surface area contributed by atoms with Crippen LogP contribution in [0.3, 0.4) is 0 Å². The Balaban J connectivity index is 2.31. The van der Waals surface area contributed by atoms with Gasteiger partial charge in [-0.3, -0.25) is 14.8 Å². The fourth-order valence-electron chi connectivity index (χ4n) is 1.80. The average molecular weight is 284 g/mol. The summed E-state index contributed by atoms with van der Waals surface area (Å²) in [6, 6.07) is 3.80. The van der Waals surface area contributed by atoms with Crippen molar-refractivity contribution in [1.82, 2.24) is 9.78 Å². The Hall–Kier alpha value is -1.95. The van der Waals surface area contributed by atoms with Crippen molar-refractivity contribution in [2.24, 2.45) is 0 Å². The van der Waals surface area contributed by atoms with E-state index in [0.29, 0.717) is 22.8 Å². The van der Waals surface area contributed by atoms with Crippen molar-refractivity contribution in [3.05, 3.63) is 56.1 Å². The molecule has 0 fully saturated rings. The molecule has 7 heteroatoms. The minimum absolute atomic E-state index is 0.314. The van der Waals surface area contributed by atoms with Gasteiger partial charge in [0.25, 0.3) is 0 Å². The maximum atomic E-state index is 13.5. The first-order valence-electron chi connectivity index (χ1n) is 5.52. The lowest BCUT2D eigenvalue weighted by Crippen LogP contribution is -2.05. The lowest BCUT2D eigenvalue weighted by Gasteiger charge is -2.05. The van der Waals surface area contributed by atoms with Crippen LogP contribution in [0.2, 0.25) is 5.02 Å². The Morgan fingerprint density at radius 2 is 2.16 bits per heavy atom. The zero-order valence-electron chi connectivity index (χ0n) is 10.4. The van der Waals surface area contributed by atoms with Gasteiger partial charge in [0.15, 0.2) is 0 Å². The Morgan fingerprint density at radius 1 is 1.47 bits per heavy atom. The predicted octanol–water partition coefficient (Wildman–Crippen LogP) is 3.25. The van der Waals surface area contributed by atoms with Crippen LogP contribution in [0.4, 0.5) is 10.1 Å². The Kier molecular flexibility index (Phi) is 3.53. The van der Waals surface area contributed by atoms with Crippen LogP contribution >= 0.6 is 11.6 Å². The van der Waals surface area contributed by atoms with Gasteiger partial charge < -0.3 is 0 Å². The molecule has 0 amide bonds. The molecule has 0 aliphatic rings. The highest BCUT2D eigenvalue weighted by molar-refractivity contribution is 6.31. The number of halogens is 2. The van der Waals surface area contributed by atoms with E-state index in [1.54, 1.807) is 11.6 Å². The van der Waals surface area contributed by atoms with Gasteiger partial charge in [0.2, 0.25) is 5.82 Å². The molecule has 2 aromatic rings. The molecular formula is C12H11ClFN3O2. The topological polar surface area (TPSA) is 61.0 Å². The van der Waals surface area contributed by atoms with Crippen molar-refractivity contribution in [3.63, 3.8) is 0 Å². The van der Waals surface area contributed by atoms with E-state index in [-0.39, 0.29) is 0 Å². The average Bonchev–Trinajstić information content (AvgIpc) is 2.57. The molecule has 0 bridgehead atoms. The molecule has 2 rings (SSSR count). The maximum Gasteiger partial charge on any atom is 0.304 e. The predicted molar refractivity (Wildman–Crippen MR) is 68.9 cm³/mol. The quantitative estimate of drug-likeness (QED) is 0.642. The third-order valence-electron chi connectivity index (χ3n) is 2.83. The number of benzene rings is 1. The van der Waals surface area contributed by atoms with Gasteiger partial charge >= 0.3 is 5.69 Å². The SMILES string of the molecule is Cc1nn(Cc2ccc([N+](=O)[O-])c(F)c2)c(C)c1Cl. The lowest BCUT2D eigenvalue weighted by molar-refractivity contribution is -0.387. The standard InChI is InChI=1S/C12H11ClFN3O2/c1-7-12(13)8(2)16(15-7)6-9-3-4-11(17(18)19)10(14)5-9/h3-5H,6H2,1-2H3. The summed E-state index contributed by atoms with van der Waals surface area (Å²) in [5.74, 6) is -0.852. The maximum absolute atomic E-state index is 13.5. The number of hydrogen-bond donors (Lipinski definition) is 0. The molecule has 5 nitrogen and oxygen atoms in total. The zero-order valence-corrected chi connectivity index (χ0v) is 11.1. The van der Waals surface area contributed by atoms with E-state index in [1.165, 1.54) is 6.07 Å². The van der Waals surface area contributed by atoms with Gasteiger partial charge in [-0.05, 0) is 25.5 Å². The van der Waals surface area contributed by atoms with Crippen molar-refractivity contribution in [2.75, 3.05) is 0 Å². The highest BCUT2D eigenvalue weighted by Gasteiger charge is 2.15. The summed E-state index contributed by atoms with van der Waals surface area (Å²) in [6.07, 6.45) is 0. The highest BCUT2D eigenvalue weighted by atomic mass is 35.5. The Labute approximate surface area is 113 Å². The third-order valence-corrected chi connectivity index (χ3v) is 3.38. The van der Waals surface area contributed by atoms with E-state index in [4.69, 9.17) is 11.6 Å². The molecule has 0 aliphatic carbocycles. The van der Waals surface area contributed by atoms with Crippen LogP contribution in [0.5, 0.6) is 0 Å². The summed E-state index contributed by atoms with van der Waals surface area (Å²) in [6.45, 7) is 3.90. The van der Waals surface area contributed by atoms with E-state index >= 15 is 0 Å². The van der Waals surface area contributed by atoms with Gasteiger partial charge in [-0.15, -0.1) is 0 Å². The summed E-state index contributed by atoms with van der Waals surface area (Å²) in [7, 11) is 0. The number of nitro groups is 1. The molecule has 1 heterocycles. The summed E-state index contributed by atoms with van der Waals surface area (Å²) in [5, 5.41) is 15.3. The molecule has 0 N–H and O–H groups in total. The molecule has 100 valence electrons. The molecular weight excluding hydrogens is 273 g/mol. The summed E-state index contributed by atoms with van der Waals surface area (Å²) in [4.78, 5) is 9.77. The van der Waals surface area contributed by atoms with Crippen molar-refractivity contribution < 1.29 is 9.31 Å². The van der Waals surface area contributed by atoms with Gasteiger partial charge in [-0.2, -0.15) is 9.49 Å². The highest BCUT2D eigenvalue weighted by Crippen LogP contribution is 2.22. The second-order valence-corrected chi connectivity index (χ2v) is 4.56. The lowest BCUT2D eigenvalue weighted by atomic mass is 10.2. The molecule has 0 saturated heterocycles. The van der Waals surface area contributed by atoms with Gasteiger partial charge in [0.05, 0.1) is 27.9 Å². The van der Waals surface area contributed by atoms with Crippen molar-refractivity contribution in [1.29, 1.82) is 0 Å². The number of nitro benzene ring substituents is 1. The molecule has 0 atom stereocenters. The normalized spacial score (nSPS) is 10.7. The largest absolute Gasteiger partial charge is 0.304 e. The van der Waals surface area contributed by atoms with Gasteiger partial charge in [0, 0.05) is 6.07 Å². The molecule has 1 aromatic heterocycles. The van der Waals surface area contributed by atoms with E-state index in [9.17, 15) is 14.5 Å². The first-order valence-corrected chi connectivity index (χ1v) is 5.90. The van der Waals surface area contributed by atoms with Crippen LogP contribution in [-0.2, 0) is 6.54 Å².